The molecule has 0 fully saturated rings. The lowest BCUT2D eigenvalue weighted by Gasteiger charge is -2.04. The van der Waals surface area contributed by atoms with E-state index in [1.54, 1.807) is 6.07 Å². The summed E-state index contributed by atoms with van der Waals surface area (Å²) in [7, 11) is 1.95. The van der Waals surface area contributed by atoms with Crippen molar-refractivity contribution in [2.24, 2.45) is 7.05 Å². The number of hydrogen-bond acceptors (Lipinski definition) is 4. The van der Waals surface area contributed by atoms with Crippen molar-refractivity contribution in [1.82, 2.24) is 15.1 Å². The highest BCUT2D eigenvalue weighted by Gasteiger charge is 2.09. The minimum atomic E-state index is -2.36. The van der Waals surface area contributed by atoms with E-state index in [1.807, 2.05) is 24.7 Å². The molecule has 122 valence electrons. The van der Waals surface area contributed by atoms with E-state index in [1.165, 1.54) is 11.3 Å². The molecule has 0 aliphatic heterocycles. The molecule has 2 heterocycles. The number of thioether (sulfide) groups is 1. The lowest BCUT2D eigenvalue weighted by molar-refractivity contribution is 0.251. The van der Waals surface area contributed by atoms with Gasteiger partial charge in [0, 0.05) is 12.7 Å². The summed E-state index contributed by atoms with van der Waals surface area (Å²) in [4.78, 5) is 0. The van der Waals surface area contributed by atoms with E-state index in [2.05, 4.69) is 17.3 Å². The molecule has 7 heteroatoms. The van der Waals surface area contributed by atoms with Gasteiger partial charge in [-0.1, -0.05) is 11.8 Å². The fourth-order valence-electron chi connectivity index (χ4n) is 2.34. The van der Waals surface area contributed by atoms with Gasteiger partial charge in [-0.25, -0.2) is 0 Å². The molecule has 0 aliphatic carbocycles. The first kappa shape index (κ1) is 17.0. The molecule has 2 aromatic rings. The van der Waals surface area contributed by atoms with Crippen LogP contribution < -0.4 is 5.32 Å². The summed E-state index contributed by atoms with van der Waals surface area (Å²) in [6.45, 7) is 5.49. The molecule has 0 amide bonds. The second-order valence-corrected chi connectivity index (χ2v) is 6.12. The zero-order valence-electron chi connectivity index (χ0n) is 13.0. The van der Waals surface area contributed by atoms with Gasteiger partial charge >= 0.3 is 0 Å². The maximum atomic E-state index is 12.1. The number of nitrogens with zero attached hydrogens (tertiary/aromatic N) is 2. The van der Waals surface area contributed by atoms with Gasteiger partial charge in [0.2, 0.25) is 0 Å². The number of aromatic nitrogens is 2. The smallest absolute Gasteiger partial charge is 0.284 e. The summed E-state index contributed by atoms with van der Waals surface area (Å²) >= 11 is 0.572. The van der Waals surface area contributed by atoms with Crippen LogP contribution in [0.2, 0.25) is 0 Å². The summed E-state index contributed by atoms with van der Waals surface area (Å²) in [5.74, 6) is -0.811. The summed E-state index contributed by atoms with van der Waals surface area (Å²) in [6, 6.07) is 3.58. The Morgan fingerprint density at radius 2 is 2.05 bits per heavy atom. The Hall–Kier alpha value is -1.34. The largest absolute Gasteiger partial charge is 0.464 e. The number of aryl methyl sites for hydroxylation is 2. The van der Waals surface area contributed by atoms with Crippen LogP contribution in [0.5, 0.6) is 0 Å². The predicted molar refractivity (Wildman–Crippen MR) is 84.1 cm³/mol. The van der Waals surface area contributed by atoms with E-state index in [0.29, 0.717) is 24.1 Å². The van der Waals surface area contributed by atoms with Gasteiger partial charge in [-0.3, -0.25) is 4.68 Å². The summed E-state index contributed by atoms with van der Waals surface area (Å²) in [6.07, 6.45) is 0.903. The molecule has 2 aromatic heterocycles. The second-order valence-electron chi connectivity index (χ2n) is 5.14. The summed E-state index contributed by atoms with van der Waals surface area (Å²) < 4.78 is 31.6. The molecule has 2 rings (SSSR count). The van der Waals surface area contributed by atoms with Crippen LogP contribution in [0.1, 0.15) is 28.5 Å². The minimum absolute atomic E-state index is 0.200. The first-order chi connectivity index (χ1) is 10.5. The molecule has 4 nitrogen and oxygen atoms in total. The van der Waals surface area contributed by atoms with E-state index in [0.717, 1.165) is 24.4 Å². The van der Waals surface area contributed by atoms with Crippen LogP contribution in [0, 0.1) is 13.8 Å². The highest BCUT2D eigenvalue weighted by molar-refractivity contribution is 7.98. The van der Waals surface area contributed by atoms with Crippen molar-refractivity contribution in [1.29, 1.82) is 0 Å². The van der Waals surface area contributed by atoms with E-state index in [4.69, 9.17) is 4.42 Å². The Balaban J connectivity index is 1.75. The Kier molecular flexibility index (Phi) is 6.02. The topological polar surface area (TPSA) is 43.0 Å². The monoisotopic (exact) mass is 329 g/mol. The van der Waals surface area contributed by atoms with Crippen molar-refractivity contribution < 1.29 is 13.2 Å². The van der Waals surface area contributed by atoms with Gasteiger partial charge in [0.05, 0.1) is 18.0 Å². The Morgan fingerprint density at radius 3 is 2.68 bits per heavy atom. The SMILES string of the molecule is Cc1nn(C)c(C)c1CCNCc1ccc(CSC(F)F)o1. The van der Waals surface area contributed by atoms with Gasteiger partial charge < -0.3 is 9.73 Å². The van der Waals surface area contributed by atoms with Crippen LogP contribution in [0.25, 0.3) is 0 Å². The maximum absolute atomic E-state index is 12.1. The van der Waals surface area contributed by atoms with E-state index < -0.39 is 5.76 Å². The zero-order valence-corrected chi connectivity index (χ0v) is 13.8. The van der Waals surface area contributed by atoms with Crippen LogP contribution in [0.15, 0.2) is 16.5 Å². The quantitative estimate of drug-likeness (QED) is 0.754. The van der Waals surface area contributed by atoms with E-state index in [-0.39, 0.29) is 5.75 Å². The van der Waals surface area contributed by atoms with Crippen LogP contribution in [0.4, 0.5) is 8.78 Å². The molecule has 22 heavy (non-hydrogen) atoms. The highest BCUT2D eigenvalue weighted by atomic mass is 32.2. The Bertz CT molecular complexity index is 610. The third kappa shape index (κ3) is 4.58. The fraction of sp³-hybridized carbons (Fsp3) is 0.533. The molecular weight excluding hydrogens is 308 g/mol. The van der Waals surface area contributed by atoms with Crippen LogP contribution in [-0.4, -0.2) is 22.1 Å². The third-order valence-electron chi connectivity index (χ3n) is 3.58. The van der Waals surface area contributed by atoms with Gasteiger partial charge in [0.1, 0.15) is 11.5 Å². The van der Waals surface area contributed by atoms with Crippen molar-refractivity contribution in [3.63, 3.8) is 0 Å². The molecule has 1 N–H and O–H groups in total. The third-order valence-corrected chi connectivity index (χ3v) is 4.28. The van der Waals surface area contributed by atoms with Crippen molar-refractivity contribution >= 4 is 11.8 Å². The molecule has 0 unspecified atom stereocenters. The number of rotatable bonds is 8. The standard InChI is InChI=1S/C15H21F2N3OS/c1-10-14(11(2)20(3)19-10)6-7-18-8-12-4-5-13(21-12)9-22-15(16)17/h4-5,15,18H,6-9H2,1-3H3. The number of nitrogens with one attached hydrogen (secondary N) is 1. The van der Waals surface area contributed by atoms with Gasteiger partial charge in [-0.2, -0.15) is 13.9 Å². The molecule has 0 aromatic carbocycles. The lowest BCUT2D eigenvalue weighted by Crippen LogP contribution is -2.16. The minimum Gasteiger partial charge on any atom is -0.464 e. The van der Waals surface area contributed by atoms with Crippen LogP contribution in [-0.2, 0) is 25.8 Å². The maximum Gasteiger partial charge on any atom is 0.284 e. The Morgan fingerprint density at radius 1 is 1.32 bits per heavy atom. The summed E-state index contributed by atoms with van der Waals surface area (Å²) in [5.41, 5.74) is 3.51. The molecule has 0 bridgehead atoms. The van der Waals surface area contributed by atoms with Gasteiger partial charge in [0.15, 0.2) is 0 Å². The fourth-order valence-corrected chi connectivity index (χ4v) is 2.79. The van der Waals surface area contributed by atoms with Crippen LogP contribution in [0.3, 0.4) is 0 Å². The first-order valence-electron chi connectivity index (χ1n) is 7.14. The molecular formula is C15H21F2N3OS. The first-order valence-corrected chi connectivity index (χ1v) is 8.19. The van der Waals surface area contributed by atoms with Crippen molar-refractivity contribution in [3.05, 3.63) is 40.6 Å². The van der Waals surface area contributed by atoms with Crippen molar-refractivity contribution in [2.75, 3.05) is 6.54 Å². The molecule has 0 saturated heterocycles. The lowest BCUT2D eigenvalue weighted by atomic mass is 10.1. The van der Waals surface area contributed by atoms with Crippen molar-refractivity contribution in [3.8, 4) is 0 Å². The molecule has 0 aliphatic rings. The molecule has 0 atom stereocenters. The molecule has 0 radical (unpaired) electrons. The second kappa shape index (κ2) is 7.78. The van der Waals surface area contributed by atoms with Gasteiger partial charge in [-0.15, -0.1) is 0 Å². The number of halogens is 2. The van der Waals surface area contributed by atoms with E-state index in [9.17, 15) is 8.78 Å². The van der Waals surface area contributed by atoms with Gasteiger partial charge in [-0.05, 0) is 44.5 Å². The molecule has 0 saturated carbocycles. The van der Waals surface area contributed by atoms with E-state index >= 15 is 0 Å². The van der Waals surface area contributed by atoms with Gasteiger partial charge in [0.25, 0.3) is 5.76 Å². The zero-order chi connectivity index (χ0) is 16.1. The predicted octanol–water partition coefficient (Wildman–Crippen LogP) is 3.42. The average Bonchev–Trinajstić information content (AvgIpc) is 3.00. The van der Waals surface area contributed by atoms with Crippen molar-refractivity contribution in [2.45, 2.75) is 38.3 Å². The number of alkyl halides is 2. The van der Waals surface area contributed by atoms with Crippen LogP contribution >= 0.6 is 11.8 Å². The highest BCUT2D eigenvalue weighted by Crippen LogP contribution is 2.21. The average molecular weight is 329 g/mol. The molecule has 0 spiro atoms. The Labute approximate surface area is 133 Å². The normalized spacial score (nSPS) is 11.5. The number of furan rings is 1. The number of hydrogen-bond donors (Lipinski definition) is 1. The summed E-state index contributed by atoms with van der Waals surface area (Å²) in [5, 5.41) is 7.70.